The highest BCUT2D eigenvalue weighted by atomic mass is 16.5. The molecule has 3 nitrogen and oxygen atoms in total. The Hall–Kier alpha value is -1.61. The average molecular weight is 242 g/mol. The van der Waals surface area contributed by atoms with E-state index in [4.69, 9.17) is 4.74 Å². The van der Waals surface area contributed by atoms with Gasteiger partial charge in [0.15, 0.2) is 0 Å². The first-order valence-electron chi connectivity index (χ1n) is 6.53. The largest absolute Gasteiger partial charge is 0.379 e. The van der Waals surface area contributed by atoms with Crippen LogP contribution in [0, 0.1) is 6.92 Å². The molecule has 3 rings (SSSR count). The van der Waals surface area contributed by atoms with E-state index in [0.29, 0.717) is 6.04 Å². The van der Waals surface area contributed by atoms with Crippen LogP contribution in [-0.2, 0) is 4.74 Å². The number of fused-ring (bicyclic) bond motifs is 1. The average Bonchev–Trinajstić information content (AvgIpc) is 2.41. The number of aryl methyl sites for hydroxylation is 1. The van der Waals surface area contributed by atoms with Crippen molar-refractivity contribution in [3.05, 3.63) is 36.0 Å². The number of aromatic nitrogens is 1. The first-order chi connectivity index (χ1) is 8.84. The molecule has 1 aliphatic rings. The lowest BCUT2D eigenvalue weighted by molar-refractivity contribution is 0.0876. The van der Waals surface area contributed by atoms with Gasteiger partial charge in [0.1, 0.15) is 0 Å². The van der Waals surface area contributed by atoms with Gasteiger partial charge in [-0.15, -0.1) is 0 Å². The van der Waals surface area contributed by atoms with Gasteiger partial charge in [-0.25, -0.2) is 0 Å². The SMILES string of the molecule is Cc1cccc2c(NC3CCCOC3)ccnc12. The molecule has 0 aliphatic carbocycles. The van der Waals surface area contributed by atoms with Crippen molar-refractivity contribution in [1.29, 1.82) is 0 Å². The van der Waals surface area contributed by atoms with Crippen LogP contribution in [0.2, 0.25) is 0 Å². The predicted octanol–water partition coefficient (Wildman–Crippen LogP) is 3.13. The van der Waals surface area contributed by atoms with E-state index in [0.717, 1.165) is 25.2 Å². The van der Waals surface area contributed by atoms with E-state index >= 15 is 0 Å². The van der Waals surface area contributed by atoms with Gasteiger partial charge in [0.05, 0.1) is 12.1 Å². The molecule has 0 bridgehead atoms. The Morgan fingerprint density at radius 1 is 1.33 bits per heavy atom. The quantitative estimate of drug-likeness (QED) is 0.878. The normalized spacial score (nSPS) is 19.9. The number of hydrogen-bond donors (Lipinski definition) is 1. The molecular weight excluding hydrogens is 224 g/mol. The summed E-state index contributed by atoms with van der Waals surface area (Å²) in [4.78, 5) is 4.46. The van der Waals surface area contributed by atoms with Crippen LogP contribution in [-0.4, -0.2) is 24.2 Å². The van der Waals surface area contributed by atoms with Gasteiger partial charge >= 0.3 is 0 Å². The van der Waals surface area contributed by atoms with Crippen molar-refractivity contribution < 1.29 is 4.74 Å². The van der Waals surface area contributed by atoms with Crippen molar-refractivity contribution in [2.75, 3.05) is 18.5 Å². The van der Waals surface area contributed by atoms with Gasteiger partial charge < -0.3 is 10.1 Å². The first-order valence-corrected chi connectivity index (χ1v) is 6.53. The summed E-state index contributed by atoms with van der Waals surface area (Å²) in [6, 6.07) is 8.78. The number of ether oxygens (including phenoxy) is 1. The van der Waals surface area contributed by atoms with E-state index in [1.807, 2.05) is 6.20 Å². The molecule has 1 N–H and O–H groups in total. The minimum Gasteiger partial charge on any atom is -0.379 e. The van der Waals surface area contributed by atoms with Crippen LogP contribution in [0.15, 0.2) is 30.5 Å². The van der Waals surface area contributed by atoms with Gasteiger partial charge in [-0.1, -0.05) is 18.2 Å². The van der Waals surface area contributed by atoms with Gasteiger partial charge in [-0.3, -0.25) is 4.98 Å². The molecule has 2 aromatic rings. The van der Waals surface area contributed by atoms with Crippen molar-refractivity contribution in [2.24, 2.45) is 0 Å². The lowest BCUT2D eigenvalue weighted by Gasteiger charge is -2.24. The second-order valence-corrected chi connectivity index (χ2v) is 4.89. The van der Waals surface area contributed by atoms with Gasteiger partial charge in [-0.2, -0.15) is 0 Å². The Morgan fingerprint density at radius 2 is 2.28 bits per heavy atom. The third-order valence-electron chi connectivity index (χ3n) is 3.49. The number of pyridine rings is 1. The molecule has 0 spiro atoms. The maximum absolute atomic E-state index is 5.51. The van der Waals surface area contributed by atoms with E-state index in [1.165, 1.54) is 23.1 Å². The van der Waals surface area contributed by atoms with Crippen molar-refractivity contribution in [1.82, 2.24) is 4.98 Å². The molecule has 1 aromatic carbocycles. The van der Waals surface area contributed by atoms with Crippen molar-refractivity contribution in [3.63, 3.8) is 0 Å². The van der Waals surface area contributed by atoms with Gasteiger partial charge in [-0.05, 0) is 31.4 Å². The number of anilines is 1. The first kappa shape index (κ1) is 11.5. The Kier molecular flexibility index (Phi) is 3.15. The topological polar surface area (TPSA) is 34.1 Å². The Balaban J connectivity index is 1.93. The molecule has 1 atom stereocenters. The number of nitrogens with zero attached hydrogens (tertiary/aromatic N) is 1. The Morgan fingerprint density at radius 3 is 3.11 bits per heavy atom. The lowest BCUT2D eigenvalue weighted by atomic mass is 10.1. The second kappa shape index (κ2) is 4.94. The number of para-hydroxylation sites is 1. The van der Waals surface area contributed by atoms with E-state index in [2.05, 4.69) is 41.5 Å². The molecule has 0 saturated carbocycles. The van der Waals surface area contributed by atoms with Crippen LogP contribution in [0.5, 0.6) is 0 Å². The molecule has 3 heteroatoms. The fourth-order valence-corrected chi connectivity index (χ4v) is 2.52. The molecule has 94 valence electrons. The maximum atomic E-state index is 5.51. The van der Waals surface area contributed by atoms with E-state index < -0.39 is 0 Å². The van der Waals surface area contributed by atoms with Crippen LogP contribution < -0.4 is 5.32 Å². The Labute approximate surface area is 107 Å². The highest BCUT2D eigenvalue weighted by Gasteiger charge is 2.14. The molecule has 1 unspecified atom stereocenters. The summed E-state index contributed by atoms with van der Waals surface area (Å²) in [6.45, 7) is 3.80. The van der Waals surface area contributed by atoms with Gasteiger partial charge in [0.2, 0.25) is 0 Å². The minimum atomic E-state index is 0.421. The van der Waals surface area contributed by atoms with Crippen LogP contribution >= 0.6 is 0 Å². The maximum Gasteiger partial charge on any atom is 0.0751 e. The Bertz CT molecular complexity index is 547. The summed E-state index contributed by atoms with van der Waals surface area (Å²) < 4.78 is 5.51. The summed E-state index contributed by atoms with van der Waals surface area (Å²) in [5.41, 5.74) is 3.47. The summed E-state index contributed by atoms with van der Waals surface area (Å²) in [7, 11) is 0. The molecule has 2 heterocycles. The predicted molar refractivity (Wildman–Crippen MR) is 73.9 cm³/mol. The zero-order valence-corrected chi connectivity index (χ0v) is 10.6. The fraction of sp³-hybridized carbons (Fsp3) is 0.400. The zero-order valence-electron chi connectivity index (χ0n) is 10.6. The summed E-state index contributed by atoms with van der Waals surface area (Å²) in [6.07, 6.45) is 4.19. The fourth-order valence-electron chi connectivity index (χ4n) is 2.52. The summed E-state index contributed by atoms with van der Waals surface area (Å²) in [5.74, 6) is 0. The van der Waals surface area contributed by atoms with E-state index in [9.17, 15) is 0 Å². The van der Waals surface area contributed by atoms with E-state index in [1.54, 1.807) is 0 Å². The molecule has 0 amide bonds. The van der Waals surface area contributed by atoms with Gasteiger partial charge in [0, 0.05) is 29.9 Å². The molecular formula is C15H18N2O. The third kappa shape index (κ3) is 2.18. The van der Waals surface area contributed by atoms with Crippen LogP contribution in [0.3, 0.4) is 0 Å². The lowest BCUT2D eigenvalue weighted by Crippen LogP contribution is -2.30. The van der Waals surface area contributed by atoms with Crippen molar-refractivity contribution in [2.45, 2.75) is 25.8 Å². The number of rotatable bonds is 2. The molecule has 18 heavy (non-hydrogen) atoms. The number of hydrogen-bond acceptors (Lipinski definition) is 3. The van der Waals surface area contributed by atoms with Crippen LogP contribution in [0.1, 0.15) is 18.4 Å². The van der Waals surface area contributed by atoms with Crippen molar-refractivity contribution in [3.8, 4) is 0 Å². The second-order valence-electron chi connectivity index (χ2n) is 4.89. The highest BCUT2D eigenvalue weighted by Crippen LogP contribution is 2.25. The molecule has 1 aliphatic heterocycles. The smallest absolute Gasteiger partial charge is 0.0751 e. The van der Waals surface area contributed by atoms with Gasteiger partial charge in [0.25, 0.3) is 0 Å². The number of benzene rings is 1. The molecule has 1 saturated heterocycles. The molecule has 0 radical (unpaired) electrons. The highest BCUT2D eigenvalue weighted by molar-refractivity contribution is 5.92. The molecule has 1 aromatic heterocycles. The molecule has 1 fully saturated rings. The zero-order chi connectivity index (χ0) is 12.4. The number of nitrogens with one attached hydrogen (secondary N) is 1. The van der Waals surface area contributed by atoms with Crippen LogP contribution in [0.25, 0.3) is 10.9 Å². The van der Waals surface area contributed by atoms with E-state index in [-0.39, 0.29) is 0 Å². The third-order valence-corrected chi connectivity index (χ3v) is 3.49. The minimum absolute atomic E-state index is 0.421. The monoisotopic (exact) mass is 242 g/mol. The summed E-state index contributed by atoms with van der Waals surface area (Å²) in [5, 5.41) is 4.78. The standard InChI is InChI=1S/C15H18N2O/c1-11-4-2-6-13-14(7-8-16-15(11)13)17-12-5-3-9-18-10-12/h2,4,6-8,12H,3,5,9-10H2,1H3,(H,16,17). The van der Waals surface area contributed by atoms with Crippen LogP contribution in [0.4, 0.5) is 5.69 Å². The summed E-state index contributed by atoms with van der Waals surface area (Å²) >= 11 is 0. The van der Waals surface area contributed by atoms with Crippen molar-refractivity contribution >= 4 is 16.6 Å².